The third-order valence-electron chi connectivity index (χ3n) is 5.66. The Morgan fingerprint density at radius 2 is 1.77 bits per heavy atom. The van der Waals surface area contributed by atoms with Crippen molar-refractivity contribution in [3.63, 3.8) is 0 Å². The highest BCUT2D eigenvalue weighted by molar-refractivity contribution is 6.00. The summed E-state index contributed by atoms with van der Waals surface area (Å²) in [6.07, 6.45) is 1.27. The average Bonchev–Trinajstić information content (AvgIpc) is 2.70. The number of halogens is 1. The van der Waals surface area contributed by atoms with E-state index in [2.05, 4.69) is 10.9 Å². The highest BCUT2D eigenvalue weighted by Gasteiger charge is 2.34. The summed E-state index contributed by atoms with van der Waals surface area (Å²) in [5.41, 5.74) is 8.05. The summed E-state index contributed by atoms with van der Waals surface area (Å²) in [4.78, 5) is 38.1. The molecule has 2 atom stereocenters. The van der Waals surface area contributed by atoms with Crippen LogP contribution in [0, 0.1) is 31.5 Å². The van der Waals surface area contributed by atoms with Crippen molar-refractivity contribution in [1.29, 1.82) is 0 Å². The lowest BCUT2D eigenvalue weighted by Gasteiger charge is -2.38. The number of piperidine rings is 1. The van der Waals surface area contributed by atoms with Gasteiger partial charge in [-0.2, -0.15) is 0 Å². The Hall–Kier alpha value is -3.22. The van der Waals surface area contributed by atoms with E-state index in [-0.39, 0.29) is 29.5 Å². The Morgan fingerprint density at radius 1 is 1.13 bits per heavy atom. The second-order valence-corrected chi connectivity index (χ2v) is 8.34. The fraction of sp³-hybridized carbons (Fsp3) is 0.375. The summed E-state index contributed by atoms with van der Waals surface area (Å²) >= 11 is 0. The predicted octanol–water partition coefficient (Wildman–Crippen LogP) is 3.46. The number of amides is 3. The number of hydrogen-bond acceptors (Lipinski definition) is 3. The molecule has 2 N–H and O–H groups in total. The number of carbonyl (C=O) groups is 3. The molecule has 1 saturated heterocycles. The summed E-state index contributed by atoms with van der Waals surface area (Å²) in [5, 5.41) is 0. The van der Waals surface area contributed by atoms with Crippen molar-refractivity contribution in [3.05, 3.63) is 64.5 Å². The molecule has 1 aliphatic rings. The lowest BCUT2D eigenvalue weighted by Crippen LogP contribution is -2.46. The van der Waals surface area contributed by atoms with Crippen LogP contribution in [0.3, 0.4) is 0 Å². The molecule has 0 aliphatic carbocycles. The third-order valence-corrected chi connectivity index (χ3v) is 5.66. The van der Waals surface area contributed by atoms with E-state index in [0.29, 0.717) is 30.5 Å². The van der Waals surface area contributed by atoms with E-state index in [4.69, 9.17) is 0 Å². The molecular weight excluding hydrogens is 397 g/mol. The molecule has 3 rings (SSSR count). The van der Waals surface area contributed by atoms with Gasteiger partial charge in [0.15, 0.2) is 0 Å². The maximum atomic E-state index is 14.2. The maximum absolute atomic E-state index is 14.2. The standard InChI is InChI=1S/C24H28FN3O3/c1-14-10-20(23(30)27-26-17(4)29)11-15(2)22(14)28-13-18(9-16(3)24(28)31)12-19-7-5-6-8-21(19)25/h5-8,10-11,16,18H,9,12-13H2,1-4H3,(H,26,29)(H,27,30)/t16-,18-/m1/s1. The molecule has 1 fully saturated rings. The Balaban J connectivity index is 1.85. The van der Waals surface area contributed by atoms with Crippen molar-refractivity contribution in [2.45, 2.75) is 40.5 Å². The summed E-state index contributed by atoms with van der Waals surface area (Å²) < 4.78 is 14.2. The first-order valence-corrected chi connectivity index (χ1v) is 10.4. The molecular formula is C24H28FN3O3. The number of nitrogens with zero attached hydrogens (tertiary/aromatic N) is 1. The predicted molar refractivity (Wildman–Crippen MR) is 117 cm³/mol. The van der Waals surface area contributed by atoms with Crippen LogP contribution in [0.5, 0.6) is 0 Å². The van der Waals surface area contributed by atoms with Crippen LogP contribution in [0.2, 0.25) is 0 Å². The van der Waals surface area contributed by atoms with Crippen molar-refractivity contribution in [3.8, 4) is 0 Å². The molecule has 31 heavy (non-hydrogen) atoms. The maximum Gasteiger partial charge on any atom is 0.269 e. The van der Waals surface area contributed by atoms with E-state index in [1.54, 1.807) is 29.2 Å². The van der Waals surface area contributed by atoms with Crippen LogP contribution in [0.4, 0.5) is 10.1 Å². The summed E-state index contributed by atoms with van der Waals surface area (Å²) in [6, 6.07) is 10.2. The van der Waals surface area contributed by atoms with Crippen LogP contribution in [0.1, 0.15) is 47.3 Å². The van der Waals surface area contributed by atoms with Crippen LogP contribution in [-0.2, 0) is 16.0 Å². The highest BCUT2D eigenvalue weighted by Crippen LogP contribution is 2.34. The van der Waals surface area contributed by atoms with Crippen molar-refractivity contribution in [2.24, 2.45) is 11.8 Å². The molecule has 0 bridgehead atoms. The van der Waals surface area contributed by atoms with Gasteiger partial charge >= 0.3 is 0 Å². The molecule has 0 aromatic heterocycles. The van der Waals surface area contributed by atoms with Gasteiger partial charge in [-0.25, -0.2) is 4.39 Å². The third kappa shape index (κ3) is 5.10. The van der Waals surface area contributed by atoms with Crippen LogP contribution in [-0.4, -0.2) is 24.3 Å². The van der Waals surface area contributed by atoms with Crippen LogP contribution < -0.4 is 15.8 Å². The van der Waals surface area contributed by atoms with Crippen LogP contribution in [0.15, 0.2) is 36.4 Å². The average molecular weight is 426 g/mol. The van der Waals surface area contributed by atoms with Crippen molar-refractivity contribution >= 4 is 23.4 Å². The highest BCUT2D eigenvalue weighted by atomic mass is 19.1. The molecule has 2 aromatic carbocycles. The molecule has 2 aromatic rings. The van der Waals surface area contributed by atoms with Gasteiger partial charge in [-0.1, -0.05) is 25.1 Å². The first-order valence-electron chi connectivity index (χ1n) is 10.4. The summed E-state index contributed by atoms with van der Waals surface area (Å²) in [6.45, 7) is 7.42. The quantitative estimate of drug-likeness (QED) is 0.737. The number of benzene rings is 2. The van der Waals surface area contributed by atoms with E-state index < -0.39 is 5.91 Å². The molecule has 164 valence electrons. The van der Waals surface area contributed by atoms with E-state index >= 15 is 0 Å². The van der Waals surface area contributed by atoms with Gasteiger partial charge in [0.1, 0.15) is 5.82 Å². The van der Waals surface area contributed by atoms with E-state index in [9.17, 15) is 18.8 Å². The number of rotatable bonds is 4. The van der Waals surface area contributed by atoms with Gasteiger partial charge in [0.25, 0.3) is 5.91 Å². The van der Waals surface area contributed by atoms with Gasteiger partial charge in [-0.15, -0.1) is 0 Å². The normalized spacial score (nSPS) is 18.6. The number of carbonyl (C=O) groups excluding carboxylic acids is 3. The zero-order valence-electron chi connectivity index (χ0n) is 18.3. The zero-order chi connectivity index (χ0) is 22.7. The van der Waals surface area contributed by atoms with Crippen molar-refractivity contribution in [1.82, 2.24) is 10.9 Å². The lowest BCUT2D eigenvalue weighted by atomic mass is 9.84. The van der Waals surface area contributed by atoms with Gasteiger partial charge in [0.05, 0.1) is 0 Å². The minimum Gasteiger partial charge on any atom is -0.311 e. The van der Waals surface area contributed by atoms with E-state index in [1.165, 1.54) is 13.0 Å². The second-order valence-electron chi connectivity index (χ2n) is 8.34. The molecule has 0 radical (unpaired) electrons. The molecule has 7 heteroatoms. The zero-order valence-corrected chi connectivity index (χ0v) is 18.3. The molecule has 1 heterocycles. The minimum absolute atomic E-state index is 0.0337. The number of anilines is 1. The smallest absolute Gasteiger partial charge is 0.269 e. The Bertz CT molecular complexity index is 998. The largest absolute Gasteiger partial charge is 0.311 e. The van der Waals surface area contributed by atoms with E-state index in [0.717, 1.165) is 16.8 Å². The van der Waals surface area contributed by atoms with E-state index in [1.807, 2.05) is 26.8 Å². The SMILES string of the molecule is CC(=O)NNC(=O)c1cc(C)c(N2C[C@@H](Cc3ccccc3F)C[C@@H](C)C2=O)c(C)c1. The molecule has 3 amide bonds. The molecule has 0 unspecified atom stereocenters. The van der Waals surface area contributed by atoms with Crippen molar-refractivity contribution < 1.29 is 18.8 Å². The van der Waals surface area contributed by atoms with Crippen LogP contribution in [0.25, 0.3) is 0 Å². The van der Waals surface area contributed by atoms with Gasteiger partial charge in [-0.3, -0.25) is 25.2 Å². The molecule has 1 aliphatic heterocycles. The molecule has 0 spiro atoms. The van der Waals surface area contributed by atoms with Crippen LogP contribution >= 0.6 is 0 Å². The summed E-state index contributed by atoms with van der Waals surface area (Å²) in [5.74, 6) is -1.03. The minimum atomic E-state index is -0.427. The van der Waals surface area contributed by atoms with Gasteiger partial charge in [-0.05, 0) is 67.5 Å². The number of hydrogen-bond donors (Lipinski definition) is 2. The number of nitrogens with one attached hydrogen (secondary N) is 2. The molecule has 6 nitrogen and oxygen atoms in total. The van der Waals surface area contributed by atoms with Gasteiger partial charge < -0.3 is 4.90 Å². The number of aryl methyl sites for hydroxylation is 2. The van der Waals surface area contributed by atoms with Gasteiger partial charge in [0, 0.05) is 30.6 Å². The topological polar surface area (TPSA) is 78.5 Å². The number of hydrazine groups is 1. The fourth-order valence-corrected chi connectivity index (χ4v) is 4.34. The second kappa shape index (κ2) is 9.29. The molecule has 0 saturated carbocycles. The van der Waals surface area contributed by atoms with Gasteiger partial charge in [0.2, 0.25) is 11.8 Å². The Labute approximate surface area is 181 Å². The Morgan fingerprint density at radius 3 is 2.39 bits per heavy atom. The monoisotopic (exact) mass is 425 g/mol. The Kier molecular flexibility index (Phi) is 6.73. The first kappa shape index (κ1) is 22.5. The summed E-state index contributed by atoms with van der Waals surface area (Å²) in [7, 11) is 0. The lowest BCUT2D eigenvalue weighted by molar-refractivity contribution is -0.124. The van der Waals surface area contributed by atoms with Crippen molar-refractivity contribution in [2.75, 3.05) is 11.4 Å². The first-order chi connectivity index (χ1) is 14.7. The fourth-order valence-electron chi connectivity index (χ4n) is 4.34.